The molecule has 0 radical (unpaired) electrons. The molecule has 0 aliphatic heterocycles. The summed E-state index contributed by atoms with van der Waals surface area (Å²) in [5.41, 5.74) is 0.654. The number of nitrogens with one attached hydrogen (secondary N) is 1. The predicted octanol–water partition coefficient (Wildman–Crippen LogP) is 3.44. The summed E-state index contributed by atoms with van der Waals surface area (Å²) in [5.74, 6) is 0.753. The van der Waals surface area contributed by atoms with Gasteiger partial charge in [-0.2, -0.15) is 8.42 Å². The minimum absolute atomic E-state index is 0.460. The van der Waals surface area contributed by atoms with Gasteiger partial charge in [-0.1, -0.05) is 19.8 Å². The highest BCUT2D eigenvalue weighted by atomic mass is 32.3. The Kier molecular flexibility index (Phi) is 6.35. The molecule has 19 heavy (non-hydrogen) atoms. The van der Waals surface area contributed by atoms with Crippen LogP contribution in [0, 0.1) is 0 Å². The Labute approximate surface area is 113 Å². The molecule has 1 rings (SSSR count). The van der Waals surface area contributed by atoms with Crippen LogP contribution in [0.3, 0.4) is 0 Å². The fraction of sp³-hybridized carbons (Fsp3) is 0.385. The normalized spacial score (nSPS) is 11.7. The van der Waals surface area contributed by atoms with E-state index in [9.17, 15) is 12.3 Å². The minimum Gasteiger partial charge on any atom is -0.494 e. The van der Waals surface area contributed by atoms with Gasteiger partial charge in [0.15, 0.2) is 0 Å². The molecule has 0 saturated carbocycles. The molecular weight excluding hydrogens is 269 g/mol. The maximum atomic E-state index is 12.2. The van der Waals surface area contributed by atoms with Crippen LogP contribution in [0.5, 0.6) is 5.75 Å². The smallest absolute Gasteiger partial charge is 0.326 e. The summed E-state index contributed by atoms with van der Waals surface area (Å²) < 4.78 is 38.2. The summed E-state index contributed by atoms with van der Waals surface area (Å²) in [6, 6.07) is 6.99. The van der Waals surface area contributed by atoms with Crippen molar-refractivity contribution in [3.8, 4) is 5.75 Å². The fourth-order valence-electron chi connectivity index (χ4n) is 1.40. The zero-order chi connectivity index (χ0) is 14.1. The van der Waals surface area contributed by atoms with Crippen molar-refractivity contribution < 1.29 is 17.0 Å². The Morgan fingerprint density at radius 1 is 1.26 bits per heavy atom. The second-order valence-electron chi connectivity index (χ2n) is 4.00. The molecule has 0 saturated heterocycles. The first kappa shape index (κ1) is 15.5. The number of benzene rings is 1. The topological polar surface area (TPSA) is 55.4 Å². The number of rotatable bonds is 8. The van der Waals surface area contributed by atoms with Crippen molar-refractivity contribution in [2.75, 3.05) is 11.9 Å². The zero-order valence-electron chi connectivity index (χ0n) is 10.8. The maximum Gasteiger partial charge on any atom is 0.326 e. The van der Waals surface area contributed by atoms with E-state index >= 15 is 0 Å². The summed E-state index contributed by atoms with van der Waals surface area (Å²) in [6.45, 7) is 2.81. The average Bonchev–Trinajstić information content (AvgIpc) is 2.35. The Bertz CT molecular complexity index is 497. The standard InChI is InChI=1S/C13H18FNO3S/c1-2-3-4-10-18-13-7-5-12(6-8-13)15-9-11-19(14,16)17/h5-9,11,15H,2-4,10H2,1H3. The van der Waals surface area contributed by atoms with Crippen molar-refractivity contribution in [2.24, 2.45) is 0 Å². The van der Waals surface area contributed by atoms with Gasteiger partial charge in [0.2, 0.25) is 0 Å². The molecule has 0 aliphatic carbocycles. The van der Waals surface area contributed by atoms with Crippen LogP contribution in [-0.2, 0) is 10.2 Å². The van der Waals surface area contributed by atoms with Gasteiger partial charge in [0.05, 0.1) is 12.0 Å². The van der Waals surface area contributed by atoms with Crippen molar-refractivity contribution in [3.63, 3.8) is 0 Å². The molecule has 1 aromatic carbocycles. The number of unbranched alkanes of at least 4 members (excludes halogenated alkanes) is 2. The largest absolute Gasteiger partial charge is 0.494 e. The van der Waals surface area contributed by atoms with Gasteiger partial charge >= 0.3 is 10.2 Å². The molecule has 0 fully saturated rings. The van der Waals surface area contributed by atoms with Crippen molar-refractivity contribution in [1.29, 1.82) is 0 Å². The maximum absolute atomic E-state index is 12.2. The van der Waals surface area contributed by atoms with Gasteiger partial charge in [-0.15, -0.1) is 3.89 Å². The fourth-order valence-corrected chi connectivity index (χ4v) is 1.63. The van der Waals surface area contributed by atoms with E-state index < -0.39 is 10.2 Å². The third kappa shape index (κ3) is 7.46. The van der Waals surface area contributed by atoms with E-state index in [1.54, 1.807) is 24.3 Å². The van der Waals surface area contributed by atoms with Crippen molar-refractivity contribution in [2.45, 2.75) is 26.2 Å². The lowest BCUT2D eigenvalue weighted by Gasteiger charge is -2.06. The number of halogens is 1. The molecule has 0 bridgehead atoms. The first-order chi connectivity index (χ1) is 9.01. The minimum atomic E-state index is -4.59. The van der Waals surface area contributed by atoms with Gasteiger partial charge in [0, 0.05) is 11.9 Å². The highest BCUT2D eigenvalue weighted by Gasteiger charge is 1.98. The molecule has 0 spiro atoms. The molecule has 4 nitrogen and oxygen atoms in total. The van der Waals surface area contributed by atoms with Crippen LogP contribution in [0.15, 0.2) is 35.9 Å². The lowest BCUT2D eigenvalue weighted by atomic mass is 10.2. The van der Waals surface area contributed by atoms with E-state index in [1.807, 2.05) is 0 Å². The third-order valence-electron chi connectivity index (χ3n) is 2.35. The lowest BCUT2D eigenvalue weighted by Crippen LogP contribution is -1.97. The Morgan fingerprint density at radius 3 is 2.53 bits per heavy atom. The Morgan fingerprint density at radius 2 is 1.95 bits per heavy atom. The zero-order valence-corrected chi connectivity index (χ0v) is 11.6. The highest BCUT2D eigenvalue weighted by molar-refractivity contribution is 7.89. The van der Waals surface area contributed by atoms with E-state index in [4.69, 9.17) is 4.74 Å². The molecule has 1 N–H and O–H groups in total. The Hall–Kier alpha value is -1.56. The first-order valence-electron chi connectivity index (χ1n) is 6.12. The van der Waals surface area contributed by atoms with Crippen LogP contribution in [0.4, 0.5) is 9.57 Å². The second-order valence-corrected chi connectivity index (χ2v) is 5.23. The van der Waals surface area contributed by atoms with Gasteiger partial charge < -0.3 is 10.1 Å². The van der Waals surface area contributed by atoms with E-state index in [2.05, 4.69) is 12.2 Å². The van der Waals surface area contributed by atoms with Crippen LogP contribution in [-0.4, -0.2) is 15.0 Å². The predicted molar refractivity (Wildman–Crippen MR) is 74.3 cm³/mol. The third-order valence-corrected chi connectivity index (χ3v) is 2.81. The van der Waals surface area contributed by atoms with Gasteiger partial charge in [-0.05, 0) is 30.7 Å². The van der Waals surface area contributed by atoms with Gasteiger partial charge in [-0.25, -0.2) is 0 Å². The van der Waals surface area contributed by atoms with Gasteiger partial charge in [-0.3, -0.25) is 0 Å². The van der Waals surface area contributed by atoms with Gasteiger partial charge in [0.25, 0.3) is 0 Å². The molecule has 1 aromatic rings. The molecule has 0 amide bonds. The summed E-state index contributed by atoms with van der Waals surface area (Å²) in [7, 11) is -4.59. The SMILES string of the molecule is CCCCCOc1ccc(NC=CS(=O)(=O)F)cc1. The molecule has 0 atom stereocenters. The van der Waals surface area contributed by atoms with Crippen LogP contribution < -0.4 is 10.1 Å². The summed E-state index contributed by atoms with van der Waals surface area (Å²) in [5, 5.41) is 3.11. The second kappa shape index (κ2) is 7.78. The molecule has 0 unspecified atom stereocenters. The number of ether oxygens (including phenoxy) is 1. The molecule has 6 heteroatoms. The quantitative estimate of drug-likeness (QED) is 0.588. The first-order valence-corrected chi connectivity index (χ1v) is 7.56. The molecular formula is C13H18FNO3S. The van der Waals surface area contributed by atoms with Crippen LogP contribution in [0.25, 0.3) is 0 Å². The number of hydrogen-bond acceptors (Lipinski definition) is 4. The summed E-state index contributed by atoms with van der Waals surface area (Å²) >= 11 is 0. The summed E-state index contributed by atoms with van der Waals surface area (Å²) in [6.07, 6.45) is 4.35. The van der Waals surface area contributed by atoms with Crippen LogP contribution in [0.2, 0.25) is 0 Å². The van der Waals surface area contributed by atoms with Crippen LogP contribution >= 0.6 is 0 Å². The number of anilines is 1. The molecule has 0 aliphatic rings. The van der Waals surface area contributed by atoms with Crippen LogP contribution in [0.1, 0.15) is 26.2 Å². The molecule has 106 valence electrons. The van der Waals surface area contributed by atoms with E-state index in [1.165, 1.54) is 0 Å². The molecule has 0 heterocycles. The van der Waals surface area contributed by atoms with Crippen molar-refractivity contribution in [3.05, 3.63) is 35.9 Å². The Balaban J connectivity index is 2.41. The van der Waals surface area contributed by atoms with Crippen molar-refractivity contribution >= 4 is 15.9 Å². The number of hydrogen-bond donors (Lipinski definition) is 1. The van der Waals surface area contributed by atoms with E-state index in [-0.39, 0.29) is 0 Å². The van der Waals surface area contributed by atoms with E-state index in [0.29, 0.717) is 17.7 Å². The highest BCUT2D eigenvalue weighted by Crippen LogP contribution is 2.16. The molecule has 0 aromatic heterocycles. The lowest BCUT2D eigenvalue weighted by molar-refractivity contribution is 0.306. The van der Waals surface area contributed by atoms with E-state index in [0.717, 1.165) is 31.2 Å². The average molecular weight is 287 g/mol. The van der Waals surface area contributed by atoms with Gasteiger partial charge in [0.1, 0.15) is 5.75 Å². The monoisotopic (exact) mass is 287 g/mol. The van der Waals surface area contributed by atoms with Crippen molar-refractivity contribution in [1.82, 2.24) is 0 Å². The summed E-state index contributed by atoms with van der Waals surface area (Å²) in [4.78, 5) is 0.